The maximum absolute atomic E-state index is 13.5. The fraction of sp³-hybridized carbons (Fsp3) is 0.357. The molecule has 1 heterocycles. The summed E-state index contributed by atoms with van der Waals surface area (Å²) < 4.78 is 15.4. The number of nitrogens with one attached hydrogen (secondary N) is 1. The predicted octanol–water partition coefficient (Wildman–Crippen LogP) is 2.57. The van der Waals surface area contributed by atoms with Crippen LogP contribution in [-0.4, -0.2) is 16.1 Å². The first kappa shape index (κ1) is 12.8. The maximum Gasteiger partial charge on any atom is 0.123 e. The number of imidazole rings is 1. The average molecular weight is 247 g/mol. The molecule has 0 aliphatic heterocycles. The van der Waals surface area contributed by atoms with Crippen LogP contribution in [0.5, 0.6) is 0 Å². The van der Waals surface area contributed by atoms with Crippen molar-refractivity contribution in [3.8, 4) is 0 Å². The molecule has 1 aromatic heterocycles. The summed E-state index contributed by atoms with van der Waals surface area (Å²) >= 11 is 0. The lowest BCUT2D eigenvalue weighted by atomic mass is 10.0. The van der Waals surface area contributed by atoms with Crippen molar-refractivity contribution < 1.29 is 4.39 Å². The largest absolute Gasteiger partial charge is 0.340 e. The van der Waals surface area contributed by atoms with Crippen LogP contribution < -0.4 is 5.32 Å². The monoisotopic (exact) mass is 247 g/mol. The van der Waals surface area contributed by atoms with Crippen LogP contribution >= 0.6 is 0 Å². The topological polar surface area (TPSA) is 29.9 Å². The summed E-state index contributed by atoms with van der Waals surface area (Å²) in [7, 11) is 1.93. The molecule has 0 aliphatic rings. The second-order valence-electron chi connectivity index (χ2n) is 4.52. The first-order valence-electron chi connectivity index (χ1n) is 6.08. The number of hydrogen-bond acceptors (Lipinski definition) is 2. The Morgan fingerprint density at radius 1 is 1.39 bits per heavy atom. The molecule has 1 N–H and O–H groups in total. The number of aromatic nitrogens is 2. The highest BCUT2D eigenvalue weighted by atomic mass is 19.1. The van der Waals surface area contributed by atoms with Gasteiger partial charge >= 0.3 is 0 Å². The van der Waals surface area contributed by atoms with Gasteiger partial charge in [0.1, 0.15) is 5.82 Å². The van der Waals surface area contributed by atoms with Gasteiger partial charge in [-0.05, 0) is 36.7 Å². The maximum atomic E-state index is 13.5. The highest BCUT2D eigenvalue weighted by Crippen LogP contribution is 2.22. The van der Waals surface area contributed by atoms with Gasteiger partial charge in [0.2, 0.25) is 0 Å². The van der Waals surface area contributed by atoms with Gasteiger partial charge in [0.25, 0.3) is 0 Å². The number of aryl methyl sites for hydroxylation is 2. The molecule has 0 radical (unpaired) electrons. The van der Waals surface area contributed by atoms with E-state index in [1.165, 1.54) is 6.07 Å². The molecule has 1 aromatic carbocycles. The molecular weight excluding hydrogens is 229 g/mol. The summed E-state index contributed by atoms with van der Waals surface area (Å²) in [4.78, 5) is 4.35. The van der Waals surface area contributed by atoms with Crippen LogP contribution in [0, 0.1) is 12.7 Å². The van der Waals surface area contributed by atoms with E-state index < -0.39 is 0 Å². The van der Waals surface area contributed by atoms with Gasteiger partial charge in [-0.15, -0.1) is 0 Å². The van der Waals surface area contributed by atoms with Crippen molar-refractivity contribution in [3.05, 3.63) is 53.4 Å². The quantitative estimate of drug-likeness (QED) is 0.900. The Hall–Kier alpha value is -1.68. The Labute approximate surface area is 107 Å². The van der Waals surface area contributed by atoms with E-state index in [4.69, 9.17) is 0 Å². The van der Waals surface area contributed by atoms with Gasteiger partial charge in [-0.2, -0.15) is 0 Å². The zero-order chi connectivity index (χ0) is 13.1. The second kappa shape index (κ2) is 5.31. The normalized spacial score (nSPS) is 12.7. The summed E-state index contributed by atoms with van der Waals surface area (Å²) in [6.07, 6.45) is 3.71. The number of nitrogens with zero attached hydrogens (tertiary/aromatic N) is 2. The van der Waals surface area contributed by atoms with Crippen molar-refractivity contribution in [2.45, 2.75) is 19.9 Å². The zero-order valence-corrected chi connectivity index (χ0v) is 10.9. The molecule has 0 bridgehead atoms. The molecular formula is C14H18FN3. The van der Waals surface area contributed by atoms with Gasteiger partial charge in [0, 0.05) is 13.2 Å². The first-order valence-corrected chi connectivity index (χ1v) is 6.08. The second-order valence-corrected chi connectivity index (χ2v) is 4.52. The van der Waals surface area contributed by atoms with Crippen LogP contribution in [-0.2, 0) is 7.05 Å². The molecule has 0 fully saturated rings. The summed E-state index contributed by atoms with van der Waals surface area (Å²) in [6.45, 7) is 4.73. The molecule has 0 saturated heterocycles. The minimum atomic E-state index is -0.205. The molecule has 2 aromatic rings. The summed E-state index contributed by atoms with van der Waals surface area (Å²) in [5, 5.41) is 3.34. The predicted molar refractivity (Wildman–Crippen MR) is 69.9 cm³/mol. The van der Waals surface area contributed by atoms with Crippen molar-refractivity contribution in [2.75, 3.05) is 6.54 Å². The van der Waals surface area contributed by atoms with Crippen molar-refractivity contribution in [2.24, 2.45) is 7.05 Å². The molecule has 1 atom stereocenters. The van der Waals surface area contributed by atoms with Gasteiger partial charge in [0.15, 0.2) is 0 Å². The fourth-order valence-electron chi connectivity index (χ4n) is 2.11. The fourth-order valence-corrected chi connectivity index (χ4v) is 2.11. The molecule has 3 nitrogen and oxygen atoms in total. The minimum Gasteiger partial charge on any atom is -0.340 e. The third-order valence-corrected chi connectivity index (χ3v) is 2.83. The van der Waals surface area contributed by atoms with Crippen LogP contribution in [0.3, 0.4) is 0 Å². The van der Waals surface area contributed by atoms with E-state index in [0.717, 1.165) is 23.4 Å². The lowest BCUT2D eigenvalue weighted by molar-refractivity contribution is 0.595. The minimum absolute atomic E-state index is 0.0643. The molecule has 2 rings (SSSR count). The highest BCUT2D eigenvalue weighted by molar-refractivity contribution is 5.31. The first-order chi connectivity index (χ1) is 8.60. The molecule has 1 unspecified atom stereocenters. The third-order valence-electron chi connectivity index (χ3n) is 2.83. The van der Waals surface area contributed by atoms with Gasteiger partial charge in [-0.1, -0.05) is 13.0 Å². The van der Waals surface area contributed by atoms with E-state index in [9.17, 15) is 4.39 Å². The van der Waals surface area contributed by atoms with E-state index >= 15 is 0 Å². The number of halogens is 1. The Balaban J connectivity index is 2.40. The summed E-state index contributed by atoms with van der Waals surface area (Å²) in [5.74, 6) is -0.205. The number of hydrogen-bond donors (Lipinski definition) is 1. The number of benzene rings is 1. The van der Waals surface area contributed by atoms with E-state index in [2.05, 4.69) is 10.3 Å². The van der Waals surface area contributed by atoms with Gasteiger partial charge in [-0.25, -0.2) is 9.37 Å². The van der Waals surface area contributed by atoms with E-state index in [1.54, 1.807) is 12.4 Å². The molecule has 18 heavy (non-hydrogen) atoms. The molecule has 0 aliphatic carbocycles. The van der Waals surface area contributed by atoms with Gasteiger partial charge in [0.05, 0.1) is 18.1 Å². The zero-order valence-electron chi connectivity index (χ0n) is 10.9. The van der Waals surface area contributed by atoms with Gasteiger partial charge in [-0.3, -0.25) is 0 Å². The van der Waals surface area contributed by atoms with Crippen LogP contribution in [0.15, 0.2) is 30.7 Å². The van der Waals surface area contributed by atoms with E-state index in [0.29, 0.717) is 0 Å². The Morgan fingerprint density at radius 3 is 2.72 bits per heavy atom. The van der Waals surface area contributed by atoms with Crippen molar-refractivity contribution in [1.82, 2.24) is 14.9 Å². The van der Waals surface area contributed by atoms with Crippen molar-refractivity contribution in [1.29, 1.82) is 0 Å². The Bertz CT molecular complexity index is 513. The van der Waals surface area contributed by atoms with E-state index in [1.807, 2.05) is 37.7 Å². The Kier molecular flexibility index (Phi) is 3.77. The van der Waals surface area contributed by atoms with Crippen LogP contribution in [0.2, 0.25) is 0 Å². The lowest BCUT2D eigenvalue weighted by Crippen LogP contribution is -2.22. The molecule has 0 amide bonds. The van der Waals surface area contributed by atoms with Crippen LogP contribution in [0.1, 0.15) is 29.8 Å². The lowest BCUT2D eigenvalue weighted by Gasteiger charge is -2.17. The van der Waals surface area contributed by atoms with E-state index in [-0.39, 0.29) is 11.9 Å². The van der Waals surface area contributed by atoms with Crippen LogP contribution in [0.25, 0.3) is 0 Å². The standard InChI is InChI=1S/C14H18FN3/c1-4-16-14(13-8-18(3)9-17-13)11-5-10(2)6-12(15)7-11/h5-9,14,16H,4H2,1-3H3. The van der Waals surface area contributed by atoms with Crippen molar-refractivity contribution in [3.63, 3.8) is 0 Å². The molecule has 96 valence electrons. The van der Waals surface area contributed by atoms with Gasteiger partial charge < -0.3 is 9.88 Å². The van der Waals surface area contributed by atoms with Crippen LogP contribution in [0.4, 0.5) is 4.39 Å². The number of rotatable bonds is 4. The SMILES string of the molecule is CCNC(c1cc(C)cc(F)c1)c1cn(C)cn1. The third kappa shape index (κ3) is 2.76. The molecule has 0 saturated carbocycles. The summed E-state index contributed by atoms with van der Waals surface area (Å²) in [5.41, 5.74) is 2.74. The molecule has 4 heteroatoms. The average Bonchev–Trinajstić information content (AvgIpc) is 2.71. The highest BCUT2D eigenvalue weighted by Gasteiger charge is 2.16. The van der Waals surface area contributed by atoms with Crippen molar-refractivity contribution >= 4 is 0 Å². The summed E-state index contributed by atoms with van der Waals surface area (Å²) in [6, 6.07) is 5.02. The smallest absolute Gasteiger partial charge is 0.123 e. The Morgan fingerprint density at radius 2 is 2.17 bits per heavy atom. The molecule has 0 spiro atoms.